The van der Waals surface area contributed by atoms with E-state index < -0.39 is 0 Å². The number of aromatic nitrogens is 3. The molecule has 0 unspecified atom stereocenters. The molecule has 0 spiro atoms. The predicted molar refractivity (Wildman–Crippen MR) is 124 cm³/mol. The van der Waals surface area contributed by atoms with Crippen molar-refractivity contribution < 1.29 is 13.9 Å². The second-order valence-corrected chi connectivity index (χ2v) is 8.38. The van der Waals surface area contributed by atoms with Crippen LogP contribution in [-0.4, -0.2) is 78.3 Å². The van der Waals surface area contributed by atoms with Crippen molar-refractivity contribution in [3.05, 3.63) is 42.5 Å². The number of methoxy groups -OCH3 is 2. The number of fused-ring (bicyclic) bond motifs is 2. The van der Waals surface area contributed by atoms with Gasteiger partial charge < -0.3 is 23.9 Å². The van der Waals surface area contributed by atoms with Gasteiger partial charge in [-0.3, -0.25) is 4.90 Å². The topological polar surface area (TPSA) is 58.5 Å². The summed E-state index contributed by atoms with van der Waals surface area (Å²) in [5, 5.41) is 1.80. The third-order valence-corrected chi connectivity index (χ3v) is 6.37. The zero-order valence-electron chi connectivity index (χ0n) is 18.7. The molecule has 1 fully saturated rings. The SMILES string of the molecule is COc1cc2c(-c3cc4cc(F)cnc4[nH]3)cn(CCN3CCN(C)CC3)c2cc1OC. The summed E-state index contributed by atoms with van der Waals surface area (Å²) in [7, 11) is 5.47. The molecule has 7 nitrogen and oxygen atoms in total. The van der Waals surface area contributed by atoms with Crippen LogP contribution in [0.3, 0.4) is 0 Å². The van der Waals surface area contributed by atoms with E-state index in [4.69, 9.17) is 9.47 Å². The Kier molecular flexibility index (Phi) is 5.48. The lowest BCUT2D eigenvalue weighted by Crippen LogP contribution is -2.45. The van der Waals surface area contributed by atoms with Crippen LogP contribution in [-0.2, 0) is 6.54 Å². The number of hydrogen-bond donors (Lipinski definition) is 1. The monoisotopic (exact) mass is 437 g/mol. The first-order valence-corrected chi connectivity index (χ1v) is 10.9. The van der Waals surface area contributed by atoms with Gasteiger partial charge in [0.25, 0.3) is 0 Å². The molecule has 4 heterocycles. The Balaban J connectivity index is 1.56. The van der Waals surface area contributed by atoms with E-state index in [1.807, 2.05) is 18.2 Å². The predicted octanol–water partition coefficient (Wildman–Crippen LogP) is 3.59. The Hall–Kier alpha value is -3.10. The highest BCUT2D eigenvalue weighted by atomic mass is 19.1. The molecule has 0 amide bonds. The van der Waals surface area contributed by atoms with Crippen LogP contribution in [0, 0.1) is 5.82 Å². The number of piperazine rings is 1. The number of H-pyrrole nitrogens is 1. The third kappa shape index (κ3) is 3.80. The smallest absolute Gasteiger partial charge is 0.162 e. The summed E-state index contributed by atoms with van der Waals surface area (Å²) in [5.74, 6) is 1.04. The normalized spacial score (nSPS) is 15.6. The van der Waals surface area contributed by atoms with Crippen LogP contribution in [0.1, 0.15) is 0 Å². The van der Waals surface area contributed by atoms with Crippen LogP contribution in [0.4, 0.5) is 4.39 Å². The Morgan fingerprint density at radius 2 is 1.75 bits per heavy atom. The van der Waals surface area contributed by atoms with Gasteiger partial charge in [-0.1, -0.05) is 0 Å². The molecule has 0 radical (unpaired) electrons. The Labute approximate surface area is 186 Å². The number of rotatable bonds is 6. The molecule has 1 aliphatic heterocycles. The second-order valence-electron chi connectivity index (χ2n) is 8.38. The number of likely N-dealkylation sites (N-methyl/N-ethyl adjacent to an activating group) is 1. The van der Waals surface area contributed by atoms with Gasteiger partial charge in [0.2, 0.25) is 0 Å². The summed E-state index contributed by atoms with van der Waals surface area (Å²) < 4.78 is 27.1. The minimum Gasteiger partial charge on any atom is -0.493 e. The lowest BCUT2D eigenvalue weighted by Gasteiger charge is -2.32. The number of benzene rings is 1. The van der Waals surface area contributed by atoms with Crippen molar-refractivity contribution in [2.75, 3.05) is 54.0 Å². The zero-order valence-corrected chi connectivity index (χ0v) is 18.7. The van der Waals surface area contributed by atoms with Crippen molar-refractivity contribution in [2.24, 2.45) is 0 Å². The molecule has 8 heteroatoms. The first kappa shape index (κ1) is 20.8. The number of halogens is 1. The molecule has 5 rings (SSSR count). The Morgan fingerprint density at radius 1 is 1.00 bits per heavy atom. The molecule has 1 saturated heterocycles. The third-order valence-electron chi connectivity index (χ3n) is 6.37. The Morgan fingerprint density at radius 3 is 2.50 bits per heavy atom. The fourth-order valence-electron chi connectivity index (χ4n) is 4.47. The van der Waals surface area contributed by atoms with Gasteiger partial charge >= 0.3 is 0 Å². The molecule has 1 aliphatic rings. The highest BCUT2D eigenvalue weighted by Crippen LogP contribution is 2.38. The van der Waals surface area contributed by atoms with Gasteiger partial charge in [0.15, 0.2) is 11.5 Å². The summed E-state index contributed by atoms with van der Waals surface area (Å²) >= 11 is 0. The maximum absolute atomic E-state index is 13.7. The maximum atomic E-state index is 13.7. The molecule has 0 atom stereocenters. The quantitative estimate of drug-likeness (QED) is 0.500. The van der Waals surface area contributed by atoms with Crippen molar-refractivity contribution >= 4 is 21.9 Å². The minimum atomic E-state index is -0.343. The van der Waals surface area contributed by atoms with E-state index in [1.54, 1.807) is 14.2 Å². The van der Waals surface area contributed by atoms with Crippen LogP contribution in [0.5, 0.6) is 11.5 Å². The first-order chi connectivity index (χ1) is 15.6. The molecule has 3 aromatic heterocycles. The fraction of sp³-hybridized carbons (Fsp3) is 0.375. The summed E-state index contributed by atoms with van der Waals surface area (Å²) in [5.41, 5.74) is 3.66. The van der Waals surface area contributed by atoms with Gasteiger partial charge in [0.05, 0.1) is 25.9 Å². The van der Waals surface area contributed by atoms with Crippen LogP contribution in [0.2, 0.25) is 0 Å². The van der Waals surface area contributed by atoms with E-state index in [0.29, 0.717) is 17.1 Å². The van der Waals surface area contributed by atoms with Gasteiger partial charge in [-0.2, -0.15) is 0 Å². The molecule has 0 bridgehead atoms. The van der Waals surface area contributed by atoms with Gasteiger partial charge in [-0.25, -0.2) is 9.37 Å². The number of ether oxygens (including phenoxy) is 2. The van der Waals surface area contributed by atoms with Crippen molar-refractivity contribution in [2.45, 2.75) is 6.54 Å². The minimum absolute atomic E-state index is 0.343. The number of hydrogen-bond acceptors (Lipinski definition) is 5. The highest BCUT2D eigenvalue weighted by molar-refractivity contribution is 5.99. The van der Waals surface area contributed by atoms with E-state index in [0.717, 1.165) is 66.8 Å². The largest absolute Gasteiger partial charge is 0.493 e. The highest BCUT2D eigenvalue weighted by Gasteiger charge is 2.19. The van der Waals surface area contributed by atoms with Crippen molar-refractivity contribution in [1.82, 2.24) is 24.3 Å². The Bertz CT molecular complexity index is 1260. The summed E-state index contributed by atoms with van der Waals surface area (Å²) in [6, 6.07) is 7.48. The molecule has 1 aromatic carbocycles. The molecule has 1 N–H and O–H groups in total. The first-order valence-electron chi connectivity index (χ1n) is 10.9. The summed E-state index contributed by atoms with van der Waals surface area (Å²) in [6.07, 6.45) is 3.39. The maximum Gasteiger partial charge on any atom is 0.162 e. The number of pyridine rings is 1. The lowest BCUT2D eigenvalue weighted by atomic mass is 10.1. The zero-order chi connectivity index (χ0) is 22.2. The lowest BCUT2D eigenvalue weighted by molar-refractivity contribution is 0.150. The van der Waals surface area contributed by atoms with E-state index >= 15 is 0 Å². The van der Waals surface area contributed by atoms with Crippen molar-refractivity contribution in [3.8, 4) is 22.8 Å². The average Bonchev–Trinajstić information content (AvgIpc) is 3.38. The molecule has 32 heavy (non-hydrogen) atoms. The standard InChI is InChI=1S/C24H28FN5O2/c1-28-4-6-29(7-5-28)8-9-30-15-19(18-12-22(31-2)23(32-3)13-21(18)30)20-11-16-10-17(25)14-26-24(16)27-20/h10-15H,4-9H2,1-3H3,(H,26,27). The second kappa shape index (κ2) is 8.44. The summed E-state index contributed by atoms with van der Waals surface area (Å²) in [4.78, 5) is 12.4. The van der Waals surface area contributed by atoms with Crippen molar-refractivity contribution in [1.29, 1.82) is 0 Å². The van der Waals surface area contributed by atoms with E-state index in [9.17, 15) is 4.39 Å². The van der Waals surface area contributed by atoms with Gasteiger partial charge in [0, 0.05) is 73.6 Å². The average molecular weight is 438 g/mol. The van der Waals surface area contributed by atoms with Crippen LogP contribution in [0.25, 0.3) is 33.2 Å². The molecule has 4 aromatic rings. The van der Waals surface area contributed by atoms with Crippen LogP contribution >= 0.6 is 0 Å². The number of nitrogens with zero attached hydrogens (tertiary/aromatic N) is 4. The number of nitrogens with one attached hydrogen (secondary N) is 1. The summed E-state index contributed by atoms with van der Waals surface area (Å²) in [6.45, 7) is 6.20. The van der Waals surface area contributed by atoms with Gasteiger partial charge in [0.1, 0.15) is 11.5 Å². The van der Waals surface area contributed by atoms with Gasteiger partial charge in [-0.05, 0) is 25.2 Å². The number of aromatic amines is 1. The van der Waals surface area contributed by atoms with E-state index in [2.05, 4.69) is 37.6 Å². The van der Waals surface area contributed by atoms with E-state index in [1.165, 1.54) is 12.3 Å². The molecular formula is C24H28FN5O2. The molecule has 0 saturated carbocycles. The van der Waals surface area contributed by atoms with Crippen LogP contribution < -0.4 is 9.47 Å². The van der Waals surface area contributed by atoms with Crippen LogP contribution in [0.15, 0.2) is 36.7 Å². The fourth-order valence-corrected chi connectivity index (χ4v) is 4.47. The van der Waals surface area contributed by atoms with E-state index in [-0.39, 0.29) is 5.82 Å². The van der Waals surface area contributed by atoms with Gasteiger partial charge in [-0.15, -0.1) is 0 Å². The molecule has 0 aliphatic carbocycles. The molecular weight excluding hydrogens is 409 g/mol. The molecule has 168 valence electrons. The van der Waals surface area contributed by atoms with Crippen molar-refractivity contribution in [3.63, 3.8) is 0 Å².